The summed E-state index contributed by atoms with van der Waals surface area (Å²) in [6.45, 7) is 4.39. The number of methoxy groups -OCH3 is 1. The molecule has 28 heavy (non-hydrogen) atoms. The van der Waals surface area contributed by atoms with Crippen molar-refractivity contribution >= 4 is 10.0 Å². The predicted molar refractivity (Wildman–Crippen MR) is 104 cm³/mol. The van der Waals surface area contributed by atoms with Gasteiger partial charge in [0, 0.05) is 25.1 Å². The number of aliphatic hydroxyl groups is 1. The quantitative estimate of drug-likeness (QED) is 0.726. The standard InChI is InChI=1S/C19H28N4O4S/c1-13(2)23-19(20-18(21-23)12-27-3)14-9-10-17(24)16(11-14)22-28(25,26)15-7-5-4-6-8-15/h4-8,13-14,16-17,22,24H,9-12H2,1-3H3/t14-,16+,17+/m0/s1. The molecular formula is C19H28N4O4S. The maximum absolute atomic E-state index is 12.7. The average molecular weight is 409 g/mol. The molecule has 0 spiro atoms. The first-order valence-electron chi connectivity index (χ1n) is 9.51. The second-order valence-corrected chi connectivity index (χ2v) is 9.19. The fraction of sp³-hybridized carbons (Fsp3) is 0.579. The Morgan fingerprint density at radius 1 is 1.29 bits per heavy atom. The third-order valence-corrected chi connectivity index (χ3v) is 6.51. The number of hydrogen-bond acceptors (Lipinski definition) is 6. The van der Waals surface area contributed by atoms with Crippen molar-refractivity contribution in [3.05, 3.63) is 42.0 Å². The Bertz CT molecular complexity index is 883. The number of aromatic nitrogens is 3. The summed E-state index contributed by atoms with van der Waals surface area (Å²) in [7, 11) is -2.10. The van der Waals surface area contributed by atoms with Crippen LogP contribution in [0.1, 0.15) is 56.7 Å². The molecule has 1 aromatic carbocycles. The molecule has 1 saturated carbocycles. The van der Waals surface area contributed by atoms with E-state index in [9.17, 15) is 13.5 Å². The molecule has 1 heterocycles. The van der Waals surface area contributed by atoms with Crippen molar-refractivity contribution in [2.75, 3.05) is 7.11 Å². The third-order valence-electron chi connectivity index (χ3n) is 5.00. The second-order valence-electron chi connectivity index (χ2n) is 7.48. The summed E-state index contributed by atoms with van der Waals surface area (Å²) in [5, 5.41) is 14.9. The molecule has 1 aromatic heterocycles. The Kier molecular flexibility index (Phi) is 6.49. The number of ether oxygens (including phenoxy) is 1. The van der Waals surface area contributed by atoms with Crippen LogP contribution in [0, 0.1) is 0 Å². The van der Waals surface area contributed by atoms with Gasteiger partial charge >= 0.3 is 0 Å². The number of sulfonamides is 1. The normalized spacial score (nSPS) is 23.2. The van der Waals surface area contributed by atoms with Crippen LogP contribution in [0.3, 0.4) is 0 Å². The molecule has 1 fully saturated rings. The van der Waals surface area contributed by atoms with Gasteiger partial charge < -0.3 is 9.84 Å². The molecule has 0 aliphatic heterocycles. The van der Waals surface area contributed by atoms with E-state index in [1.54, 1.807) is 37.4 Å². The zero-order valence-electron chi connectivity index (χ0n) is 16.4. The first-order valence-corrected chi connectivity index (χ1v) is 11.0. The minimum Gasteiger partial charge on any atom is -0.391 e. The minimum absolute atomic E-state index is 0.00683. The summed E-state index contributed by atoms with van der Waals surface area (Å²) in [5.74, 6) is 1.43. The van der Waals surface area contributed by atoms with Gasteiger partial charge in [0.05, 0.1) is 11.0 Å². The molecule has 0 amide bonds. The molecule has 3 atom stereocenters. The van der Waals surface area contributed by atoms with Crippen molar-refractivity contribution in [1.82, 2.24) is 19.5 Å². The molecule has 0 unspecified atom stereocenters. The fourth-order valence-corrected chi connectivity index (χ4v) is 4.92. The maximum atomic E-state index is 12.7. The second kappa shape index (κ2) is 8.69. The smallest absolute Gasteiger partial charge is 0.240 e. The minimum atomic E-state index is -3.70. The summed E-state index contributed by atoms with van der Waals surface area (Å²) in [6.07, 6.45) is 0.953. The molecule has 1 aliphatic rings. The van der Waals surface area contributed by atoms with Gasteiger partial charge in [-0.05, 0) is 45.2 Å². The molecule has 9 heteroatoms. The zero-order chi connectivity index (χ0) is 20.3. The van der Waals surface area contributed by atoms with Gasteiger partial charge in [-0.1, -0.05) is 18.2 Å². The van der Waals surface area contributed by atoms with Gasteiger partial charge in [-0.3, -0.25) is 0 Å². The summed E-state index contributed by atoms with van der Waals surface area (Å²) in [5.41, 5.74) is 0. The highest BCUT2D eigenvalue weighted by Crippen LogP contribution is 2.34. The van der Waals surface area contributed by atoms with E-state index in [0.717, 1.165) is 12.2 Å². The van der Waals surface area contributed by atoms with Crippen molar-refractivity contribution in [2.24, 2.45) is 0 Å². The van der Waals surface area contributed by atoms with Gasteiger partial charge in [-0.2, -0.15) is 5.10 Å². The Labute approximate surface area is 166 Å². The molecule has 1 aliphatic carbocycles. The Morgan fingerprint density at radius 3 is 2.64 bits per heavy atom. The number of rotatable bonds is 7. The van der Waals surface area contributed by atoms with Gasteiger partial charge in [0.15, 0.2) is 5.82 Å². The van der Waals surface area contributed by atoms with Crippen LogP contribution < -0.4 is 4.72 Å². The first kappa shape index (κ1) is 20.9. The van der Waals surface area contributed by atoms with Crippen molar-refractivity contribution in [2.45, 2.75) is 68.7 Å². The van der Waals surface area contributed by atoms with Gasteiger partial charge in [-0.15, -0.1) is 0 Å². The number of benzene rings is 1. The zero-order valence-corrected chi connectivity index (χ0v) is 17.3. The monoisotopic (exact) mass is 408 g/mol. The molecule has 0 bridgehead atoms. The Morgan fingerprint density at radius 2 is 2.00 bits per heavy atom. The van der Waals surface area contributed by atoms with Gasteiger partial charge in [0.25, 0.3) is 0 Å². The maximum Gasteiger partial charge on any atom is 0.240 e. The van der Waals surface area contributed by atoms with Gasteiger partial charge in [0.2, 0.25) is 10.0 Å². The number of nitrogens with zero attached hydrogens (tertiary/aromatic N) is 3. The van der Waals surface area contributed by atoms with E-state index in [0.29, 0.717) is 25.3 Å². The van der Waals surface area contributed by atoms with Crippen molar-refractivity contribution in [1.29, 1.82) is 0 Å². The summed E-state index contributed by atoms with van der Waals surface area (Å²) >= 11 is 0. The summed E-state index contributed by atoms with van der Waals surface area (Å²) in [6, 6.07) is 7.75. The number of hydrogen-bond donors (Lipinski definition) is 2. The lowest BCUT2D eigenvalue weighted by atomic mass is 9.83. The largest absolute Gasteiger partial charge is 0.391 e. The third kappa shape index (κ3) is 4.60. The van der Waals surface area contributed by atoms with Gasteiger partial charge in [0.1, 0.15) is 12.4 Å². The van der Waals surface area contributed by atoms with Crippen molar-refractivity contribution in [3.8, 4) is 0 Å². The topological polar surface area (TPSA) is 106 Å². The van der Waals surface area contributed by atoms with E-state index in [4.69, 9.17) is 4.74 Å². The molecule has 2 N–H and O–H groups in total. The van der Waals surface area contributed by atoms with Crippen LogP contribution in [-0.4, -0.2) is 47.5 Å². The predicted octanol–water partition coefficient (Wildman–Crippen LogP) is 1.98. The fourth-order valence-electron chi connectivity index (χ4n) is 3.61. The molecule has 0 saturated heterocycles. The van der Waals surface area contributed by atoms with Crippen LogP contribution in [0.15, 0.2) is 35.2 Å². The lowest BCUT2D eigenvalue weighted by Gasteiger charge is -2.33. The van der Waals surface area contributed by atoms with Gasteiger partial charge in [-0.25, -0.2) is 22.8 Å². The highest BCUT2D eigenvalue weighted by molar-refractivity contribution is 7.89. The average Bonchev–Trinajstić information content (AvgIpc) is 3.09. The van der Waals surface area contributed by atoms with E-state index in [-0.39, 0.29) is 16.9 Å². The number of aliphatic hydroxyl groups excluding tert-OH is 1. The lowest BCUT2D eigenvalue weighted by Crippen LogP contribution is -2.46. The van der Waals surface area contributed by atoms with Crippen LogP contribution >= 0.6 is 0 Å². The van der Waals surface area contributed by atoms with Crippen molar-refractivity contribution < 1.29 is 18.3 Å². The van der Waals surface area contributed by atoms with E-state index in [1.165, 1.54) is 0 Å². The van der Waals surface area contributed by atoms with E-state index in [1.807, 2.05) is 18.5 Å². The van der Waals surface area contributed by atoms with Crippen LogP contribution in [0.2, 0.25) is 0 Å². The van der Waals surface area contributed by atoms with Crippen LogP contribution in [0.25, 0.3) is 0 Å². The SMILES string of the molecule is COCc1nc([C@H]2CC[C@@H](O)[C@H](NS(=O)(=O)c3ccccc3)C2)n(C(C)C)n1. The Balaban J connectivity index is 1.81. The highest BCUT2D eigenvalue weighted by atomic mass is 32.2. The van der Waals surface area contributed by atoms with Crippen molar-refractivity contribution in [3.63, 3.8) is 0 Å². The van der Waals surface area contributed by atoms with Crippen LogP contribution in [0.5, 0.6) is 0 Å². The molecule has 3 rings (SSSR count). The first-order chi connectivity index (χ1) is 13.3. The molecule has 8 nitrogen and oxygen atoms in total. The lowest BCUT2D eigenvalue weighted by molar-refractivity contribution is 0.0912. The Hall–Kier alpha value is -1.81. The van der Waals surface area contributed by atoms with E-state index < -0.39 is 22.2 Å². The van der Waals surface area contributed by atoms with E-state index >= 15 is 0 Å². The number of nitrogens with one attached hydrogen (secondary N) is 1. The highest BCUT2D eigenvalue weighted by Gasteiger charge is 2.35. The van der Waals surface area contributed by atoms with E-state index in [2.05, 4.69) is 14.8 Å². The summed E-state index contributed by atoms with van der Waals surface area (Å²) in [4.78, 5) is 4.82. The molecule has 154 valence electrons. The van der Waals surface area contributed by atoms with Crippen LogP contribution in [-0.2, 0) is 21.4 Å². The van der Waals surface area contributed by atoms with Crippen LogP contribution in [0.4, 0.5) is 0 Å². The molecule has 0 radical (unpaired) electrons. The summed E-state index contributed by atoms with van der Waals surface area (Å²) < 4.78 is 35.1. The molecule has 2 aromatic rings. The molecular weight excluding hydrogens is 380 g/mol.